The number of anilines is 1. The second-order valence-electron chi connectivity index (χ2n) is 6.35. The first-order valence-electron chi connectivity index (χ1n) is 8.79. The van der Waals surface area contributed by atoms with E-state index in [1.807, 2.05) is 0 Å². The fourth-order valence-corrected chi connectivity index (χ4v) is 2.62. The number of ether oxygens (including phenoxy) is 1. The topological polar surface area (TPSA) is 95.6 Å². The van der Waals surface area contributed by atoms with Gasteiger partial charge in [0.05, 0.1) is 31.1 Å². The molecule has 1 saturated heterocycles. The highest BCUT2D eigenvalue weighted by Crippen LogP contribution is 2.18. The Kier molecular flexibility index (Phi) is 6.19. The maximum Gasteiger partial charge on any atom is 0.315 e. The van der Waals surface area contributed by atoms with E-state index in [1.165, 1.54) is 0 Å². The third-order valence-corrected chi connectivity index (χ3v) is 4.25. The summed E-state index contributed by atoms with van der Waals surface area (Å²) in [6, 6.07) is 3.68. The van der Waals surface area contributed by atoms with Gasteiger partial charge in [0.25, 0.3) is 0 Å². The quantitative estimate of drug-likeness (QED) is 0.675. The number of nitrogens with zero attached hydrogens (tertiary/aromatic N) is 2. The van der Waals surface area contributed by atoms with Gasteiger partial charge in [0.15, 0.2) is 0 Å². The lowest BCUT2D eigenvalue weighted by Gasteiger charge is -2.26. The van der Waals surface area contributed by atoms with Crippen LogP contribution in [-0.4, -0.2) is 60.7 Å². The average Bonchev–Trinajstić information content (AvgIpc) is 3.44. The molecule has 1 aliphatic carbocycles. The van der Waals surface area contributed by atoms with Gasteiger partial charge in [-0.25, -0.2) is 4.79 Å². The molecule has 2 heterocycles. The first-order valence-corrected chi connectivity index (χ1v) is 8.79. The standard InChI is InChI=1S/C17H25N5O3/c23-16(5-7-22-8-10-25-11-9-22)21-14-2-1-6-18-15(14)12-19-17(24)20-13-3-4-13/h1-2,6,13H,3-5,7-12H2,(H,21,23)(H2,19,20,24). The molecular weight excluding hydrogens is 322 g/mol. The van der Waals surface area contributed by atoms with E-state index in [0.717, 1.165) is 39.1 Å². The molecule has 1 aromatic heterocycles. The highest BCUT2D eigenvalue weighted by Gasteiger charge is 2.23. The molecule has 0 radical (unpaired) electrons. The first-order chi connectivity index (χ1) is 12.2. The largest absolute Gasteiger partial charge is 0.379 e. The molecule has 8 nitrogen and oxygen atoms in total. The molecule has 3 N–H and O–H groups in total. The van der Waals surface area contributed by atoms with Gasteiger partial charge in [-0.2, -0.15) is 0 Å². The number of morpholine rings is 1. The van der Waals surface area contributed by atoms with Crippen molar-refractivity contribution in [3.05, 3.63) is 24.0 Å². The minimum Gasteiger partial charge on any atom is -0.379 e. The van der Waals surface area contributed by atoms with Crippen molar-refractivity contribution < 1.29 is 14.3 Å². The molecule has 25 heavy (non-hydrogen) atoms. The predicted molar refractivity (Wildman–Crippen MR) is 93.1 cm³/mol. The minimum atomic E-state index is -0.197. The van der Waals surface area contributed by atoms with Crippen molar-refractivity contribution in [3.63, 3.8) is 0 Å². The Morgan fingerprint density at radius 2 is 2.08 bits per heavy atom. The fraction of sp³-hybridized carbons (Fsp3) is 0.588. The van der Waals surface area contributed by atoms with Crippen molar-refractivity contribution >= 4 is 17.6 Å². The number of amides is 3. The number of urea groups is 1. The third-order valence-electron chi connectivity index (χ3n) is 4.25. The van der Waals surface area contributed by atoms with Crippen molar-refractivity contribution in [2.45, 2.75) is 31.8 Å². The Bertz CT molecular complexity index is 600. The van der Waals surface area contributed by atoms with Crippen molar-refractivity contribution in [2.75, 3.05) is 38.2 Å². The molecule has 2 aliphatic rings. The number of carbonyl (C=O) groups excluding carboxylic acids is 2. The van der Waals surface area contributed by atoms with Crippen molar-refractivity contribution in [2.24, 2.45) is 0 Å². The van der Waals surface area contributed by atoms with Crippen LogP contribution < -0.4 is 16.0 Å². The lowest BCUT2D eigenvalue weighted by atomic mass is 10.2. The summed E-state index contributed by atoms with van der Waals surface area (Å²) in [4.78, 5) is 30.4. The van der Waals surface area contributed by atoms with E-state index >= 15 is 0 Å². The van der Waals surface area contributed by atoms with E-state index in [0.29, 0.717) is 30.4 Å². The zero-order valence-electron chi connectivity index (χ0n) is 14.3. The van der Waals surface area contributed by atoms with Gasteiger partial charge in [-0.15, -0.1) is 0 Å². The third kappa shape index (κ3) is 5.99. The molecule has 1 aliphatic heterocycles. The number of nitrogens with one attached hydrogen (secondary N) is 3. The zero-order valence-corrected chi connectivity index (χ0v) is 14.3. The summed E-state index contributed by atoms with van der Waals surface area (Å²) in [7, 11) is 0. The molecule has 0 spiro atoms. The van der Waals surface area contributed by atoms with Gasteiger partial charge in [-0.3, -0.25) is 14.7 Å². The van der Waals surface area contributed by atoms with E-state index in [1.54, 1.807) is 18.3 Å². The maximum absolute atomic E-state index is 12.2. The van der Waals surface area contributed by atoms with Crippen molar-refractivity contribution in [1.29, 1.82) is 0 Å². The summed E-state index contributed by atoms with van der Waals surface area (Å²) in [5.41, 5.74) is 1.29. The molecule has 0 bridgehead atoms. The summed E-state index contributed by atoms with van der Waals surface area (Å²) in [5, 5.41) is 8.54. The normalized spacial score (nSPS) is 17.8. The summed E-state index contributed by atoms with van der Waals surface area (Å²) in [6.45, 7) is 4.17. The highest BCUT2D eigenvalue weighted by molar-refractivity contribution is 5.91. The number of carbonyl (C=O) groups is 2. The SMILES string of the molecule is O=C(CCN1CCOCC1)Nc1cccnc1CNC(=O)NC1CC1. The monoisotopic (exact) mass is 347 g/mol. The van der Waals surface area contributed by atoms with Crippen LogP contribution in [0.1, 0.15) is 25.0 Å². The molecule has 0 aromatic carbocycles. The maximum atomic E-state index is 12.2. The number of hydrogen-bond acceptors (Lipinski definition) is 5. The first kappa shape index (κ1) is 17.6. The van der Waals surface area contributed by atoms with Crippen molar-refractivity contribution in [3.8, 4) is 0 Å². The molecule has 8 heteroatoms. The highest BCUT2D eigenvalue weighted by atomic mass is 16.5. The van der Waals surface area contributed by atoms with Gasteiger partial charge in [0.1, 0.15) is 0 Å². The van der Waals surface area contributed by atoms with E-state index in [2.05, 4.69) is 25.8 Å². The molecule has 3 rings (SSSR count). The number of rotatable bonds is 7. The molecule has 1 saturated carbocycles. The Morgan fingerprint density at radius 3 is 2.84 bits per heavy atom. The zero-order chi connectivity index (χ0) is 17.5. The summed E-state index contributed by atoms with van der Waals surface area (Å²) in [6.07, 6.45) is 4.16. The number of aromatic nitrogens is 1. The van der Waals surface area contributed by atoms with Crippen LogP contribution in [0.5, 0.6) is 0 Å². The Labute approximate surface area is 147 Å². The van der Waals surface area contributed by atoms with Gasteiger partial charge < -0.3 is 20.7 Å². The summed E-state index contributed by atoms with van der Waals surface area (Å²) in [5.74, 6) is -0.0526. The summed E-state index contributed by atoms with van der Waals surface area (Å²) >= 11 is 0. The molecule has 0 atom stereocenters. The Balaban J connectivity index is 1.45. The van der Waals surface area contributed by atoms with Crippen molar-refractivity contribution in [1.82, 2.24) is 20.5 Å². The lowest BCUT2D eigenvalue weighted by molar-refractivity contribution is -0.116. The van der Waals surface area contributed by atoms with Gasteiger partial charge in [0.2, 0.25) is 5.91 Å². The smallest absolute Gasteiger partial charge is 0.315 e. The van der Waals surface area contributed by atoms with Crippen LogP contribution in [0.4, 0.5) is 10.5 Å². The average molecular weight is 347 g/mol. The molecular formula is C17H25N5O3. The van der Waals surface area contributed by atoms with Crippen LogP contribution in [0, 0.1) is 0 Å². The molecule has 1 aromatic rings. The van der Waals surface area contributed by atoms with Crippen LogP contribution in [0.15, 0.2) is 18.3 Å². The van der Waals surface area contributed by atoms with Crippen LogP contribution >= 0.6 is 0 Å². The van der Waals surface area contributed by atoms with Gasteiger partial charge in [0, 0.05) is 38.3 Å². The van der Waals surface area contributed by atoms with E-state index < -0.39 is 0 Å². The van der Waals surface area contributed by atoms with Gasteiger partial charge in [-0.1, -0.05) is 0 Å². The van der Waals surface area contributed by atoms with E-state index in [-0.39, 0.29) is 18.5 Å². The summed E-state index contributed by atoms with van der Waals surface area (Å²) < 4.78 is 5.30. The molecule has 2 fully saturated rings. The van der Waals surface area contributed by atoms with Crippen LogP contribution in [0.25, 0.3) is 0 Å². The van der Waals surface area contributed by atoms with Crippen LogP contribution in [0.2, 0.25) is 0 Å². The van der Waals surface area contributed by atoms with Gasteiger partial charge >= 0.3 is 6.03 Å². The second kappa shape index (κ2) is 8.77. The number of pyridine rings is 1. The fourth-order valence-electron chi connectivity index (χ4n) is 2.62. The minimum absolute atomic E-state index is 0.0526. The van der Waals surface area contributed by atoms with Crippen LogP contribution in [-0.2, 0) is 16.1 Å². The Hall–Kier alpha value is -2.19. The van der Waals surface area contributed by atoms with Crippen LogP contribution in [0.3, 0.4) is 0 Å². The van der Waals surface area contributed by atoms with E-state index in [4.69, 9.17) is 4.74 Å². The second-order valence-corrected chi connectivity index (χ2v) is 6.35. The predicted octanol–water partition coefficient (Wildman–Crippen LogP) is 0.704. The lowest BCUT2D eigenvalue weighted by Crippen LogP contribution is -2.38. The molecule has 0 unspecified atom stereocenters. The Morgan fingerprint density at radius 1 is 1.28 bits per heavy atom. The van der Waals surface area contributed by atoms with Gasteiger partial charge in [-0.05, 0) is 25.0 Å². The molecule has 3 amide bonds. The van der Waals surface area contributed by atoms with E-state index in [9.17, 15) is 9.59 Å². The molecule has 136 valence electrons. The number of hydrogen-bond donors (Lipinski definition) is 3.